The first-order chi connectivity index (χ1) is 7.58. The molecule has 16 heavy (non-hydrogen) atoms. The number of hydrogen-bond donors (Lipinski definition) is 1. The summed E-state index contributed by atoms with van der Waals surface area (Å²) >= 11 is 3.43. The van der Waals surface area contributed by atoms with E-state index in [1.54, 1.807) is 12.1 Å². The van der Waals surface area contributed by atoms with Crippen LogP contribution in [-0.4, -0.2) is 5.91 Å². The Bertz CT molecular complexity index is 546. The van der Waals surface area contributed by atoms with Crippen LogP contribution in [0, 0.1) is 6.92 Å². The van der Waals surface area contributed by atoms with Crippen LogP contribution in [-0.2, 0) is 0 Å². The summed E-state index contributed by atoms with van der Waals surface area (Å²) in [7, 11) is 0. The summed E-state index contributed by atoms with van der Waals surface area (Å²) in [5, 5.41) is 0. The number of furan rings is 1. The van der Waals surface area contributed by atoms with E-state index >= 15 is 0 Å². The van der Waals surface area contributed by atoms with Gasteiger partial charge in [0.05, 0.1) is 0 Å². The molecule has 0 saturated heterocycles. The van der Waals surface area contributed by atoms with Crippen LogP contribution in [0.5, 0.6) is 0 Å². The highest BCUT2D eigenvalue weighted by Crippen LogP contribution is 2.26. The van der Waals surface area contributed by atoms with Crippen molar-refractivity contribution in [3.63, 3.8) is 0 Å². The average molecular weight is 280 g/mol. The Kier molecular flexibility index (Phi) is 2.83. The Labute approximate surface area is 101 Å². The number of amides is 1. The van der Waals surface area contributed by atoms with Crippen LogP contribution in [0.2, 0.25) is 0 Å². The van der Waals surface area contributed by atoms with E-state index in [-0.39, 0.29) is 5.76 Å². The highest BCUT2D eigenvalue weighted by Gasteiger charge is 2.09. The zero-order valence-electron chi connectivity index (χ0n) is 8.66. The average Bonchev–Trinajstić information content (AvgIpc) is 2.71. The molecule has 0 unspecified atom stereocenters. The topological polar surface area (TPSA) is 56.2 Å². The minimum atomic E-state index is -0.555. The predicted octanol–water partition coefficient (Wildman–Crippen LogP) is 3.12. The number of primary amides is 1. The number of benzene rings is 1. The SMILES string of the molecule is Cc1cc(-c2ccc(C(N)=O)o2)ccc1Br. The van der Waals surface area contributed by atoms with Crippen molar-refractivity contribution in [2.45, 2.75) is 6.92 Å². The summed E-state index contributed by atoms with van der Waals surface area (Å²) < 4.78 is 6.38. The Morgan fingerprint density at radius 3 is 2.62 bits per heavy atom. The van der Waals surface area contributed by atoms with E-state index in [0.717, 1.165) is 15.6 Å². The van der Waals surface area contributed by atoms with Gasteiger partial charge in [-0.25, -0.2) is 0 Å². The van der Waals surface area contributed by atoms with Crippen molar-refractivity contribution in [1.29, 1.82) is 0 Å². The first kappa shape index (κ1) is 11.0. The van der Waals surface area contributed by atoms with E-state index in [1.165, 1.54) is 0 Å². The fourth-order valence-corrected chi connectivity index (χ4v) is 1.67. The predicted molar refractivity (Wildman–Crippen MR) is 65.1 cm³/mol. The molecule has 0 aliphatic rings. The molecule has 3 nitrogen and oxygen atoms in total. The molecule has 1 aromatic heterocycles. The van der Waals surface area contributed by atoms with Crippen molar-refractivity contribution >= 4 is 21.8 Å². The summed E-state index contributed by atoms with van der Waals surface area (Å²) in [5.74, 6) is 0.264. The zero-order valence-corrected chi connectivity index (χ0v) is 10.2. The van der Waals surface area contributed by atoms with Crippen molar-refractivity contribution in [1.82, 2.24) is 0 Å². The van der Waals surface area contributed by atoms with Crippen LogP contribution in [0.15, 0.2) is 39.2 Å². The number of carbonyl (C=O) groups excluding carboxylic acids is 1. The Balaban J connectivity index is 2.42. The Hall–Kier alpha value is -1.55. The van der Waals surface area contributed by atoms with Gasteiger partial charge in [0, 0.05) is 10.0 Å². The maximum Gasteiger partial charge on any atom is 0.284 e. The van der Waals surface area contributed by atoms with Gasteiger partial charge >= 0.3 is 0 Å². The molecule has 1 aromatic carbocycles. The second-order valence-corrected chi connectivity index (χ2v) is 4.35. The maximum atomic E-state index is 10.9. The molecule has 2 aromatic rings. The van der Waals surface area contributed by atoms with Crippen molar-refractivity contribution in [2.75, 3.05) is 0 Å². The third-order valence-electron chi connectivity index (χ3n) is 2.29. The standard InChI is InChI=1S/C12H10BrNO2/c1-7-6-8(2-3-9(7)13)10-4-5-11(16-10)12(14)15/h2-6H,1H3,(H2,14,15). The number of hydrogen-bond acceptors (Lipinski definition) is 2. The Morgan fingerprint density at radius 2 is 2.06 bits per heavy atom. The summed E-state index contributed by atoms with van der Waals surface area (Å²) in [6.45, 7) is 1.99. The molecule has 0 aliphatic heterocycles. The van der Waals surface area contributed by atoms with Crippen LogP contribution in [0.4, 0.5) is 0 Å². The molecule has 1 heterocycles. The first-order valence-electron chi connectivity index (χ1n) is 4.74. The quantitative estimate of drug-likeness (QED) is 0.918. The summed E-state index contributed by atoms with van der Waals surface area (Å²) in [4.78, 5) is 10.9. The minimum Gasteiger partial charge on any atom is -0.451 e. The third kappa shape index (κ3) is 2.02. The molecule has 1 amide bonds. The molecular weight excluding hydrogens is 270 g/mol. The molecule has 0 aliphatic carbocycles. The summed E-state index contributed by atoms with van der Waals surface area (Å²) in [5.41, 5.74) is 7.15. The van der Waals surface area contributed by atoms with Gasteiger partial charge in [-0.05, 0) is 36.8 Å². The van der Waals surface area contributed by atoms with Gasteiger partial charge in [-0.2, -0.15) is 0 Å². The lowest BCUT2D eigenvalue weighted by molar-refractivity contribution is 0.0975. The number of rotatable bonds is 2. The van der Waals surface area contributed by atoms with Crippen LogP contribution < -0.4 is 5.73 Å². The summed E-state index contributed by atoms with van der Waals surface area (Å²) in [6.07, 6.45) is 0. The largest absolute Gasteiger partial charge is 0.451 e. The fourth-order valence-electron chi connectivity index (χ4n) is 1.42. The molecule has 4 heteroatoms. The van der Waals surface area contributed by atoms with Crippen molar-refractivity contribution in [3.05, 3.63) is 46.1 Å². The van der Waals surface area contributed by atoms with E-state index in [0.29, 0.717) is 5.76 Å². The lowest BCUT2D eigenvalue weighted by Crippen LogP contribution is -2.09. The van der Waals surface area contributed by atoms with Crippen molar-refractivity contribution in [2.24, 2.45) is 5.73 Å². The molecular formula is C12H10BrNO2. The fraction of sp³-hybridized carbons (Fsp3) is 0.0833. The normalized spacial score (nSPS) is 10.4. The molecule has 2 N–H and O–H groups in total. The maximum absolute atomic E-state index is 10.9. The van der Waals surface area contributed by atoms with Gasteiger partial charge in [-0.1, -0.05) is 22.0 Å². The van der Waals surface area contributed by atoms with Crippen LogP contribution in [0.1, 0.15) is 16.1 Å². The molecule has 0 spiro atoms. The van der Waals surface area contributed by atoms with Gasteiger partial charge in [0.15, 0.2) is 5.76 Å². The van der Waals surface area contributed by atoms with Gasteiger partial charge < -0.3 is 10.2 Å². The molecule has 0 radical (unpaired) electrons. The monoisotopic (exact) mass is 279 g/mol. The van der Waals surface area contributed by atoms with E-state index < -0.39 is 5.91 Å². The first-order valence-corrected chi connectivity index (χ1v) is 5.53. The van der Waals surface area contributed by atoms with Crippen LogP contribution in [0.25, 0.3) is 11.3 Å². The minimum absolute atomic E-state index is 0.176. The van der Waals surface area contributed by atoms with Crippen molar-refractivity contribution < 1.29 is 9.21 Å². The molecule has 0 fully saturated rings. The van der Waals surface area contributed by atoms with E-state index in [2.05, 4.69) is 15.9 Å². The number of aryl methyl sites for hydroxylation is 1. The Morgan fingerprint density at radius 1 is 1.31 bits per heavy atom. The van der Waals surface area contributed by atoms with Crippen molar-refractivity contribution in [3.8, 4) is 11.3 Å². The second-order valence-electron chi connectivity index (χ2n) is 3.49. The van der Waals surface area contributed by atoms with Gasteiger partial charge in [0.25, 0.3) is 5.91 Å². The molecule has 0 atom stereocenters. The lowest BCUT2D eigenvalue weighted by Gasteiger charge is -2.01. The van der Waals surface area contributed by atoms with E-state index in [9.17, 15) is 4.79 Å². The van der Waals surface area contributed by atoms with E-state index in [1.807, 2.05) is 25.1 Å². The molecule has 0 saturated carbocycles. The smallest absolute Gasteiger partial charge is 0.284 e. The lowest BCUT2D eigenvalue weighted by atomic mass is 10.1. The second kappa shape index (κ2) is 4.14. The number of nitrogens with two attached hydrogens (primary N) is 1. The summed E-state index contributed by atoms with van der Waals surface area (Å²) in [6, 6.07) is 9.16. The van der Waals surface area contributed by atoms with Crippen LogP contribution >= 0.6 is 15.9 Å². The molecule has 0 bridgehead atoms. The number of carbonyl (C=O) groups is 1. The van der Waals surface area contributed by atoms with Gasteiger partial charge in [0.1, 0.15) is 5.76 Å². The zero-order chi connectivity index (χ0) is 11.7. The molecule has 2 rings (SSSR count). The van der Waals surface area contributed by atoms with Gasteiger partial charge in [-0.15, -0.1) is 0 Å². The third-order valence-corrected chi connectivity index (χ3v) is 3.18. The van der Waals surface area contributed by atoms with Crippen LogP contribution in [0.3, 0.4) is 0 Å². The van der Waals surface area contributed by atoms with E-state index in [4.69, 9.17) is 10.2 Å². The highest BCUT2D eigenvalue weighted by atomic mass is 79.9. The van der Waals surface area contributed by atoms with Gasteiger partial charge in [-0.3, -0.25) is 4.79 Å². The molecule has 82 valence electrons. The highest BCUT2D eigenvalue weighted by molar-refractivity contribution is 9.10. The number of halogens is 1. The van der Waals surface area contributed by atoms with Gasteiger partial charge in [0.2, 0.25) is 0 Å².